The number of aromatic nitrogens is 2. The molecule has 1 aliphatic rings. The van der Waals surface area contributed by atoms with Crippen molar-refractivity contribution in [2.75, 3.05) is 32.1 Å². The lowest BCUT2D eigenvalue weighted by atomic mass is 9.96. The number of fused-ring (bicyclic) bond motifs is 4. The monoisotopic (exact) mass is 393 g/mol. The molecule has 0 radical (unpaired) electrons. The van der Waals surface area contributed by atoms with Gasteiger partial charge in [0, 0.05) is 48.2 Å². The van der Waals surface area contributed by atoms with Gasteiger partial charge in [-0.05, 0) is 43.7 Å². The zero-order chi connectivity index (χ0) is 20.5. The summed E-state index contributed by atoms with van der Waals surface area (Å²) < 4.78 is 0. The smallest absolute Gasteiger partial charge is 0.159 e. The van der Waals surface area contributed by atoms with E-state index in [2.05, 4.69) is 71.3 Å². The molecular formula is C25H23N5. The summed E-state index contributed by atoms with van der Waals surface area (Å²) in [5.74, 6) is 0.885. The van der Waals surface area contributed by atoms with E-state index < -0.39 is 0 Å². The van der Waals surface area contributed by atoms with Crippen molar-refractivity contribution in [1.82, 2.24) is 14.9 Å². The topological polar surface area (TPSA) is 44.6 Å². The average Bonchev–Trinajstić information content (AvgIpc) is 2.93. The lowest BCUT2D eigenvalue weighted by molar-refractivity contribution is 0.418. The Kier molecular flexibility index (Phi) is 4.73. The molecule has 0 bridgehead atoms. The molecule has 1 aliphatic heterocycles. The fourth-order valence-corrected chi connectivity index (χ4v) is 3.95. The zero-order valence-corrected chi connectivity index (χ0v) is 17.2. The number of benzene rings is 2. The first-order valence-corrected chi connectivity index (χ1v) is 10.1. The van der Waals surface area contributed by atoms with Crippen LogP contribution in [0.25, 0.3) is 10.8 Å². The normalized spacial score (nSPS) is 13.0. The van der Waals surface area contributed by atoms with Gasteiger partial charge in [0.25, 0.3) is 0 Å². The number of pyridine rings is 2. The van der Waals surface area contributed by atoms with E-state index in [9.17, 15) is 0 Å². The van der Waals surface area contributed by atoms with Crippen molar-refractivity contribution >= 4 is 33.7 Å². The highest BCUT2D eigenvalue weighted by atomic mass is 15.2. The van der Waals surface area contributed by atoms with Crippen molar-refractivity contribution in [2.45, 2.75) is 0 Å². The van der Waals surface area contributed by atoms with E-state index >= 15 is 0 Å². The predicted molar refractivity (Wildman–Crippen MR) is 123 cm³/mol. The number of hydrogen-bond donors (Lipinski definition) is 0. The van der Waals surface area contributed by atoms with Gasteiger partial charge in [0.2, 0.25) is 0 Å². The number of likely N-dealkylation sites (N-methyl/N-ethyl adjacent to an activating group) is 1. The molecule has 0 fully saturated rings. The molecule has 5 heteroatoms. The lowest BCUT2D eigenvalue weighted by Crippen LogP contribution is -2.29. The molecule has 148 valence electrons. The Morgan fingerprint density at radius 3 is 2.60 bits per heavy atom. The van der Waals surface area contributed by atoms with Crippen LogP contribution >= 0.6 is 0 Å². The minimum absolute atomic E-state index is 0.813. The summed E-state index contributed by atoms with van der Waals surface area (Å²) in [5.41, 5.74) is 5.03. The molecule has 4 aromatic rings. The van der Waals surface area contributed by atoms with Gasteiger partial charge in [0.1, 0.15) is 5.69 Å². The van der Waals surface area contributed by atoms with Crippen LogP contribution < -0.4 is 4.90 Å². The molecule has 2 aromatic carbocycles. The maximum Gasteiger partial charge on any atom is 0.159 e. The Bertz CT molecular complexity index is 1230. The summed E-state index contributed by atoms with van der Waals surface area (Å²) in [6.45, 7) is 1.72. The fraction of sp³-hybridized carbons (Fsp3) is 0.160. The van der Waals surface area contributed by atoms with Crippen molar-refractivity contribution in [1.29, 1.82) is 0 Å². The number of rotatable bonds is 4. The van der Waals surface area contributed by atoms with Gasteiger partial charge in [0.05, 0.1) is 11.4 Å². The maximum atomic E-state index is 5.09. The Labute approximate surface area is 176 Å². The molecule has 0 atom stereocenters. The van der Waals surface area contributed by atoms with Crippen LogP contribution in [0.3, 0.4) is 0 Å². The van der Waals surface area contributed by atoms with Crippen molar-refractivity contribution < 1.29 is 0 Å². The van der Waals surface area contributed by atoms with Crippen LogP contribution in [0.15, 0.2) is 84.2 Å². The van der Waals surface area contributed by atoms with E-state index in [1.165, 1.54) is 10.8 Å². The molecule has 0 saturated carbocycles. The van der Waals surface area contributed by atoms with Gasteiger partial charge in [-0.15, -0.1) is 0 Å². The second kappa shape index (κ2) is 7.69. The van der Waals surface area contributed by atoms with Crippen LogP contribution in [-0.4, -0.2) is 47.8 Å². The molecule has 0 aliphatic carbocycles. The summed E-state index contributed by atoms with van der Waals surface area (Å²) in [6.07, 6.45) is 5.52. The Balaban J connectivity index is 1.84. The van der Waals surface area contributed by atoms with Crippen LogP contribution in [0, 0.1) is 0 Å². The molecule has 5 nitrogen and oxygen atoms in total. The Morgan fingerprint density at radius 1 is 0.900 bits per heavy atom. The van der Waals surface area contributed by atoms with E-state index in [0.29, 0.717) is 0 Å². The van der Waals surface area contributed by atoms with Gasteiger partial charge in [0.15, 0.2) is 5.82 Å². The molecular weight excluding hydrogens is 370 g/mol. The minimum atomic E-state index is 0.813. The molecule has 2 aromatic heterocycles. The van der Waals surface area contributed by atoms with E-state index in [4.69, 9.17) is 9.98 Å². The Hall–Kier alpha value is -3.57. The summed E-state index contributed by atoms with van der Waals surface area (Å²) in [6, 6.07) is 20.9. The SMILES string of the molecule is CN(C)CCN1c2ncccc2N=C(c2cccnc2)c2ccc3ccccc3c21. The molecule has 5 rings (SSSR count). The summed E-state index contributed by atoms with van der Waals surface area (Å²) in [5, 5.41) is 2.40. The third-order valence-electron chi connectivity index (χ3n) is 5.39. The van der Waals surface area contributed by atoms with Gasteiger partial charge in [-0.3, -0.25) is 4.98 Å². The van der Waals surface area contributed by atoms with E-state index in [0.717, 1.165) is 47.1 Å². The minimum Gasteiger partial charge on any atom is -0.322 e. The average molecular weight is 393 g/mol. The molecule has 0 amide bonds. The third kappa shape index (κ3) is 3.23. The first-order chi connectivity index (χ1) is 14.7. The first kappa shape index (κ1) is 18.5. The van der Waals surface area contributed by atoms with Crippen molar-refractivity contribution in [2.24, 2.45) is 4.99 Å². The van der Waals surface area contributed by atoms with Crippen molar-refractivity contribution in [3.63, 3.8) is 0 Å². The summed E-state index contributed by atoms with van der Waals surface area (Å²) in [4.78, 5) is 18.7. The highest BCUT2D eigenvalue weighted by Crippen LogP contribution is 2.42. The second-order valence-corrected chi connectivity index (χ2v) is 7.69. The first-order valence-electron chi connectivity index (χ1n) is 10.1. The van der Waals surface area contributed by atoms with Crippen LogP contribution in [0.1, 0.15) is 11.1 Å². The van der Waals surface area contributed by atoms with Crippen LogP contribution in [-0.2, 0) is 0 Å². The molecule has 0 unspecified atom stereocenters. The van der Waals surface area contributed by atoms with Gasteiger partial charge < -0.3 is 9.80 Å². The van der Waals surface area contributed by atoms with Gasteiger partial charge in [-0.25, -0.2) is 9.98 Å². The standard InChI is InChI=1S/C25H23N5/c1-29(2)15-16-30-24-20-9-4-3-7-18(20)11-12-21(24)23(19-8-5-13-26-17-19)28-22-10-6-14-27-25(22)30/h3-14,17H,15-16H2,1-2H3. The molecule has 0 N–H and O–H groups in total. The third-order valence-corrected chi connectivity index (χ3v) is 5.39. The predicted octanol–water partition coefficient (Wildman–Crippen LogP) is 4.81. The second-order valence-electron chi connectivity index (χ2n) is 7.69. The van der Waals surface area contributed by atoms with Crippen molar-refractivity contribution in [3.8, 4) is 0 Å². The zero-order valence-electron chi connectivity index (χ0n) is 17.2. The Morgan fingerprint density at radius 2 is 1.77 bits per heavy atom. The quantitative estimate of drug-likeness (QED) is 0.499. The van der Waals surface area contributed by atoms with E-state index in [1.807, 2.05) is 30.6 Å². The van der Waals surface area contributed by atoms with Gasteiger partial charge in [-0.1, -0.05) is 36.4 Å². The number of anilines is 2. The van der Waals surface area contributed by atoms with Crippen molar-refractivity contribution in [3.05, 3.63) is 90.4 Å². The van der Waals surface area contributed by atoms with Crippen LogP contribution in [0.5, 0.6) is 0 Å². The number of aliphatic imine (C=N–C) groups is 1. The molecule has 30 heavy (non-hydrogen) atoms. The fourth-order valence-electron chi connectivity index (χ4n) is 3.95. The summed E-state index contributed by atoms with van der Waals surface area (Å²) in [7, 11) is 4.19. The van der Waals surface area contributed by atoms with E-state index in [1.54, 1.807) is 6.20 Å². The molecule has 0 saturated heterocycles. The molecule has 0 spiro atoms. The molecule has 3 heterocycles. The largest absolute Gasteiger partial charge is 0.322 e. The highest BCUT2D eigenvalue weighted by Gasteiger charge is 2.26. The van der Waals surface area contributed by atoms with Crippen LogP contribution in [0.2, 0.25) is 0 Å². The highest BCUT2D eigenvalue weighted by molar-refractivity contribution is 6.21. The number of nitrogens with zero attached hydrogens (tertiary/aromatic N) is 5. The maximum absolute atomic E-state index is 5.09. The lowest BCUT2D eigenvalue weighted by Gasteiger charge is -2.28. The van der Waals surface area contributed by atoms with Gasteiger partial charge in [-0.2, -0.15) is 0 Å². The van der Waals surface area contributed by atoms with E-state index in [-0.39, 0.29) is 0 Å². The van der Waals surface area contributed by atoms with Crippen LogP contribution in [0.4, 0.5) is 17.2 Å². The van der Waals surface area contributed by atoms with Gasteiger partial charge >= 0.3 is 0 Å². The number of hydrogen-bond acceptors (Lipinski definition) is 5. The summed E-state index contributed by atoms with van der Waals surface area (Å²) >= 11 is 0.